The summed E-state index contributed by atoms with van der Waals surface area (Å²) in [6.45, 7) is 9.74. The van der Waals surface area contributed by atoms with Crippen LogP contribution < -0.4 is 10.6 Å². The molecule has 0 aliphatic carbocycles. The summed E-state index contributed by atoms with van der Waals surface area (Å²) in [5, 5.41) is 10.9. The molecule has 0 aliphatic heterocycles. The highest BCUT2D eigenvalue weighted by molar-refractivity contribution is 5.79. The van der Waals surface area contributed by atoms with Crippen LogP contribution in [-0.2, 0) is 13.6 Å². The second kappa shape index (κ2) is 7.31. The van der Waals surface area contributed by atoms with Crippen LogP contribution in [0.25, 0.3) is 0 Å². The molecule has 1 aromatic heterocycles. The third-order valence-electron chi connectivity index (χ3n) is 3.29. The smallest absolute Gasteiger partial charge is 0.191 e. The van der Waals surface area contributed by atoms with Gasteiger partial charge in [-0.25, -0.2) is 0 Å². The molecule has 20 heavy (non-hydrogen) atoms. The number of rotatable bonds is 5. The number of guanidine groups is 1. The first kappa shape index (κ1) is 16.5. The van der Waals surface area contributed by atoms with Crippen molar-refractivity contribution in [2.45, 2.75) is 53.1 Å². The molecule has 114 valence electrons. The molecule has 0 spiro atoms. The molecule has 0 bridgehead atoms. The van der Waals surface area contributed by atoms with Gasteiger partial charge in [0.05, 0.1) is 12.2 Å². The Kier molecular flexibility index (Phi) is 6.05. The van der Waals surface area contributed by atoms with E-state index in [0.717, 1.165) is 24.6 Å². The highest BCUT2D eigenvalue weighted by Gasteiger charge is 2.13. The first-order valence-corrected chi connectivity index (χ1v) is 7.26. The third-order valence-corrected chi connectivity index (χ3v) is 3.29. The summed E-state index contributed by atoms with van der Waals surface area (Å²) in [6, 6.07) is 2.41. The number of aliphatic imine (C=N–C) groups is 1. The maximum atomic E-state index is 4.27. The number of aryl methyl sites for hydroxylation is 1. The number of aromatic nitrogens is 2. The van der Waals surface area contributed by atoms with Gasteiger partial charge in [-0.15, -0.1) is 0 Å². The van der Waals surface area contributed by atoms with Crippen molar-refractivity contribution < 1.29 is 0 Å². The summed E-state index contributed by atoms with van der Waals surface area (Å²) in [6.07, 6.45) is 4.13. The van der Waals surface area contributed by atoms with Gasteiger partial charge in [0.15, 0.2) is 5.96 Å². The monoisotopic (exact) mass is 279 g/mol. The van der Waals surface area contributed by atoms with Gasteiger partial charge in [-0.2, -0.15) is 5.10 Å². The van der Waals surface area contributed by atoms with Crippen molar-refractivity contribution in [3.05, 3.63) is 18.0 Å². The van der Waals surface area contributed by atoms with Crippen molar-refractivity contribution in [1.29, 1.82) is 0 Å². The van der Waals surface area contributed by atoms with Crippen LogP contribution in [0.2, 0.25) is 0 Å². The molecular formula is C15H29N5. The van der Waals surface area contributed by atoms with Crippen LogP contribution in [-0.4, -0.2) is 28.8 Å². The van der Waals surface area contributed by atoms with Gasteiger partial charge in [0.1, 0.15) is 0 Å². The lowest BCUT2D eigenvalue weighted by Gasteiger charge is -2.23. The van der Waals surface area contributed by atoms with Crippen LogP contribution in [0.1, 0.15) is 46.2 Å². The quantitative estimate of drug-likeness (QED) is 0.642. The Hall–Kier alpha value is -1.52. The molecule has 0 fully saturated rings. The lowest BCUT2D eigenvalue weighted by Crippen LogP contribution is -2.42. The molecule has 1 rings (SSSR count). The van der Waals surface area contributed by atoms with E-state index in [1.165, 1.54) is 6.42 Å². The van der Waals surface area contributed by atoms with Crippen LogP contribution in [0, 0.1) is 5.41 Å². The lowest BCUT2D eigenvalue weighted by molar-refractivity contribution is 0.346. The van der Waals surface area contributed by atoms with Gasteiger partial charge in [-0.1, -0.05) is 20.8 Å². The molecule has 1 unspecified atom stereocenters. The molecule has 1 heterocycles. The topological polar surface area (TPSA) is 54.2 Å². The Bertz CT molecular complexity index is 428. The Morgan fingerprint density at radius 3 is 2.65 bits per heavy atom. The minimum atomic E-state index is 0.377. The Balaban J connectivity index is 2.38. The van der Waals surface area contributed by atoms with Gasteiger partial charge in [-0.05, 0) is 31.2 Å². The maximum Gasteiger partial charge on any atom is 0.191 e. The molecule has 0 aliphatic rings. The molecular weight excluding hydrogens is 250 g/mol. The van der Waals surface area contributed by atoms with E-state index in [0.29, 0.717) is 11.5 Å². The normalized spacial score (nSPS) is 14.2. The Morgan fingerprint density at radius 1 is 1.45 bits per heavy atom. The van der Waals surface area contributed by atoms with Crippen LogP contribution >= 0.6 is 0 Å². The van der Waals surface area contributed by atoms with E-state index in [4.69, 9.17) is 0 Å². The second-order valence-electron chi connectivity index (χ2n) is 6.52. The van der Waals surface area contributed by atoms with Gasteiger partial charge in [-0.3, -0.25) is 9.67 Å². The van der Waals surface area contributed by atoms with Gasteiger partial charge >= 0.3 is 0 Å². The van der Waals surface area contributed by atoms with Gasteiger partial charge in [0, 0.05) is 26.3 Å². The van der Waals surface area contributed by atoms with Gasteiger partial charge < -0.3 is 10.6 Å². The Labute approximate surface area is 122 Å². The summed E-state index contributed by atoms with van der Waals surface area (Å²) in [4.78, 5) is 4.27. The molecule has 0 radical (unpaired) electrons. The number of nitrogens with zero attached hydrogens (tertiary/aromatic N) is 3. The molecule has 1 aromatic rings. The highest BCUT2D eigenvalue weighted by Crippen LogP contribution is 2.21. The largest absolute Gasteiger partial charge is 0.354 e. The van der Waals surface area contributed by atoms with Crippen molar-refractivity contribution in [2.75, 3.05) is 7.05 Å². The van der Waals surface area contributed by atoms with Crippen molar-refractivity contribution >= 4 is 5.96 Å². The van der Waals surface area contributed by atoms with E-state index < -0.39 is 0 Å². The zero-order chi connectivity index (χ0) is 15.2. The van der Waals surface area contributed by atoms with E-state index in [-0.39, 0.29) is 0 Å². The van der Waals surface area contributed by atoms with E-state index in [9.17, 15) is 0 Å². The number of hydrogen-bond donors (Lipinski definition) is 2. The van der Waals surface area contributed by atoms with Crippen molar-refractivity contribution in [2.24, 2.45) is 17.5 Å². The molecule has 5 heteroatoms. The minimum absolute atomic E-state index is 0.377. The summed E-state index contributed by atoms with van der Waals surface area (Å²) in [7, 11) is 3.74. The fraction of sp³-hybridized carbons (Fsp3) is 0.733. The summed E-state index contributed by atoms with van der Waals surface area (Å²) >= 11 is 0. The first-order valence-electron chi connectivity index (χ1n) is 7.26. The maximum absolute atomic E-state index is 4.27. The predicted octanol–water partition coefficient (Wildman–Crippen LogP) is 2.30. The molecule has 0 saturated heterocycles. The van der Waals surface area contributed by atoms with E-state index in [1.54, 1.807) is 13.2 Å². The second-order valence-corrected chi connectivity index (χ2v) is 6.52. The van der Waals surface area contributed by atoms with Gasteiger partial charge in [0.25, 0.3) is 0 Å². The molecule has 0 aromatic carbocycles. The third kappa shape index (κ3) is 6.08. The fourth-order valence-corrected chi connectivity index (χ4v) is 1.90. The minimum Gasteiger partial charge on any atom is -0.354 e. The Morgan fingerprint density at radius 2 is 2.15 bits per heavy atom. The first-order chi connectivity index (χ1) is 9.31. The van der Waals surface area contributed by atoms with Crippen LogP contribution in [0.4, 0.5) is 0 Å². The predicted molar refractivity (Wildman–Crippen MR) is 84.7 cm³/mol. The molecule has 1 atom stereocenters. The molecule has 2 N–H and O–H groups in total. The number of nitrogens with one attached hydrogen (secondary N) is 2. The average Bonchev–Trinajstić information content (AvgIpc) is 2.77. The van der Waals surface area contributed by atoms with Crippen LogP contribution in [0.5, 0.6) is 0 Å². The average molecular weight is 279 g/mol. The van der Waals surface area contributed by atoms with Crippen LogP contribution in [0.15, 0.2) is 17.3 Å². The van der Waals surface area contributed by atoms with Crippen molar-refractivity contribution in [1.82, 2.24) is 20.4 Å². The summed E-state index contributed by atoms with van der Waals surface area (Å²) in [5.41, 5.74) is 1.51. The molecule has 0 amide bonds. The summed E-state index contributed by atoms with van der Waals surface area (Å²) in [5.74, 6) is 0.840. The van der Waals surface area contributed by atoms with Crippen molar-refractivity contribution in [3.63, 3.8) is 0 Å². The molecule has 5 nitrogen and oxygen atoms in total. The van der Waals surface area contributed by atoms with Gasteiger partial charge in [0.2, 0.25) is 0 Å². The van der Waals surface area contributed by atoms with E-state index in [2.05, 4.69) is 48.4 Å². The molecule has 0 saturated carbocycles. The highest BCUT2D eigenvalue weighted by atomic mass is 15.3. The van der Waals surface area contributed by atoms with Crippen molar-refractivity contribution in [3.8, 4) is 0 Å². The fourth-order valence-electron chi connectivity index (χ4n) is 1.90. The van der Waals surface area contributed by atoms with E-state index in [1.807, 2.05) is 17.8 Å². The lowest BCUT2D eigenvalue weighted by atomic mass is 9.89. The zero-order valence-corrected chi connectivity index (χ0v) is 13.7. The standard InChI is InChI=1S/C15H29N5/c1-12(7-9-15(2,3)4)19-14(16-5)17-11-13-8-10-18-20(13)6/h8,10,12H,7,9,11H2,1-6H3,(H2,16,17,19). The zero-order valence-electron chi connectivity index (χ0n) is 13.7. The van der Waals surface area contributed by atoms with Crippen LogP contribution in [0.3, 0.4) is 0 Å². The number of hydrogen-bond acceptors (Lipinski definition) is 2. The SMILES string of the molecule is CN=C(NCc1ccnn1C)NC(C)CCC(C)(C)C. The van der Waals surface area contributed by atoms with E-state index >= 15 is 0 Å². The summed E-state index contributed by atoms with van der Waals surface area (Å²) < 4.78 is 1.86.